The van der Waals surface area contributed by atoms with Crippen molar-refractivity contribution in [3.8, 4) is 0 Å². The Morgan fingerprint density at radius 1 is 1.33 bits per heavy atom. The number of tetrazole rings is 1. The zero-order chi connectivity index (χ0) is 21.3. The van der Waals surface area contributed by atoms with Crippen LogP contribution in [0.25, 0.3) is 0 Å². The van der Waals surface area contributed by atoms with Gasteiger partial charge in [0, 0.05) is 12.8 Å². The molecule has 2 aliphatic rings. The third kappa shape index (κ3) is 3.78. The van der Waals surface area contributed by atoms with Gasteiger partial charge >= 0.3 is 5.97 Å². The van der Waals surface area contributed by atoms with Crippen molar-refractivity contribution in [3.63, 3.8) is 0 Å². The molecule has 4 rings (SSSR count). The van der Waals surface area contributed by atoms with Crippen LogP contribution in [0, 0.1) is 0 Å². The van der Waals surface area contributed by atoms with Crippen molar-refractivity contribution in [2.24, 2.45) is 7.05 Å². The number of fused-ring (bicyclic) bond motifs is 1. The summed E-state index contributed by atoms with van der Waals surface area (Å²) < 4.78 is 7.17. The number of aliphatic carboxylic acids is 1. The van der Waals surface area contributed by atoms with Crippen LogP contribution in [0.3, 0.4) is 0 Å². The number of carbonyl (C=O) groups excluding carboxylic acids is 2. The highest BCUT2D eigenvalue weighted by Crippen LogP contribution is 2.34. The van der Waals surface area contributed by atoms with Gasteiger partial charge < -0.3 is 15.2 Å². The van der Waals surface area contributed by atoms with Gasteiger partial charge in [-0.1, -0.05) is 42.1 Å². The zero-order valence-electron chi connectivity index (χ0n) is 15.9. The van der Waals surface area contributed by atoms with Gasteiger partial charge in [0.25, 0.3) is 5.91 Å². The van der Waals surface area contributed by atoms with Gasteiger partial charge in [0.1, 0.15) is 5.70 Å². The molecule has 2 amide bonds. The fourth-order valence-electron chi connectivity index (χ4n) is 3.30. The van der Waals surface area contributed by atoms with Crippen molar-refractivity contribution in [1.29, 1.82) is 0 Å². The quantitative estimate of drug-likeness (QED) is 0.442. The van der Waals surface area contributed by atoms with Crippen molar-refractivity contribution < 1.29 is 24.2 Å². The first-order chi connectivity index (χ1) is 14.5. The Morgan fingerprint density at radius 2 is 2.10 bits per heavy atom. The lowest BCUT2D eigenvalue weighted by Gasteiger charge is -2.49. The van der Waals surface area contributed by atoms with Gasteiger partial charge in [0.15, 0.2) is 12.3 Å². The molecule has 1 aromatic carbocycles. The number of ether oxygens (including phenoxy) is 1. The van der Waals surface area contributed by atoms with E-state index in [0.29, 0.717) is 10.7 Å². The standard InChI is InChI=1S/C18H18N6O5S/c1-23-18(20-21-22-23)30-9-11-8-29-16-13(15(26)24(16)14(11)17(27)28)19-12(25)7-10-5-3-2-4-6-10/h2-6,13,16H,7-9H2,1H3,(H,19,25)(H,27,28)/t13-,16-/m1/s1. The van der Waals surface area contributed by atoms with E-state index < -0.39 is 24.1 Å². The number of β-lactam (4-membered cyclic amide) rings is 1. The number of carboxylic acids is 1. The highest BCUT2D eigenvalue weighted by molar-refractivity contribution is 7.99. The molecular weight excluding hydrogens is 412 g/mol. The molecule has 1 saturated heterocycles. The highest BCUT2D eigenvalue weighted by Gasteiger charge is 2.54. The van der Waals surface area contributed by atoms with Crippen LogP contribution < -0.4 is 5.32 Å². The van der Waals surface area contributed by atoms with Gasteiger partial charge in [-0.05, 0) is 21.6 Å². The monoisotopic (exact) mass is 430 g/mol. The largest absolute Gasteiger partial charge is 0.477 e. The number of aromatic nitrogens is 4. The Kier molecular flexibility index (Phi) is 5.50. The molecule has 12 heteroatoms. The van der Waals surface area contributed by atoms with Crippen LogP contribution in [-0.4, -0.2) is 72.6 Å². The summed E-state index contributed by atoms with van der Waals surface area (Å²) in [6.07, 6.45) is -0.722. The Labute approximate surface area is 175 Å². The molecule has 11 nitrogen and oxygen atoms in total. The first-order valence-corrected chi connectivity index (χ1v) is 10.0. The average molecular weight is 430 g/mol. The Balaban J connectivity index is 1.44. The number of hydrogen-bond acceptors (Lipinski definition) is 8. The highest BCUT2D eigenvalue weighted by atomic mass is 32.2. The zero-order valence-corrected chi connectivity index (χ0v) is 16.7. The molecule has 30 heavy (non-hydrogen) atoms. The molecular formula is C18H18N6O5S. The second-order valence-corrected chi connectivity index (χ2v) is 7.69. The summed E-state index contributed by atoms with van der Waals surface area (Å²) in [6, 6.07) is 8.21. The number of carboxylic acid groups (broad SMARTS) is 1. The van der Waals surface area contributed by atoms with Crippen LogP contribution in [0.1, 0.15) is 5.56 Å². The topological polar surface area (TPSA) is 140 Å². The van der Waals surface area contributed by atoms with Crippen molar-refractivity contribution in [2.45, 2.75) is 23.8 Å². The van der Waals surface area contributed by atoms with Gasteiger partial charge in [0.2, 0.25) is 11.1 Å². The van der Waals surface area contributed by atoms with E-state index in [-0.39, 0.29) is 30.4 Å². The minimum atomic E-state index is -1.22. The predicted molar refractivity (Wildman–Crippen MR) is 103 cm³/mol. The van der Waals surface area contributed by atoms with Crippen molar-refractivity contribution in [1.82, 2.24) is 30.4 Å². The third-order valence-corrected chi connectivity index (χ3v) is 5.83. The molecule has 0 aliphatic carbocycles. The molecule has 2 aromatic rings. The maximum atomic E-state index is 12.6. The average Bonchev–Trinajstić information content (AvgIpc) is 3.15. The number of nitrogens with one attached hydrogen (secondary N) is 1. The number of carbonyl (C=O) groups is 3. The number of aryl methyl sites for hydroxylation is 1. The summed E-state index contributed by atoms with van der Waals surface area (Å²) in [7, 11) is 1.67. The number of rotatable bonds is 7. The van der Waals surface area contributed by atoms with Gasteiger partial charge in [-0.3, -0.25) is 14.5 Å². The van der Waals surface area contributed by atoms with Gasteiger partial charge in [0.05, 0.1) is 13.0 Å². The summed E-state index contributed by atoms with van der Waals surface area (Å²) in [5, 5.41) is 23.9. The van der Waals surface area contributed by atoms with E-state index in [2.05, 4.69) is 20.8 Å². The second kappa shape index (κ2) is 8.24. The minimum absolute atomic E-state index is 0.0272. The smallest absolute Gasteiger partial charge is 0.352 e. The Morgan fingerprint density at radius 3 is 2.77 bits per heavy atom. The van der Waals surface area contributed by atoms with E-state index >= 15 is 0 Å². The van der Waals surface area contributed by atoms with Gasteiger partial charge in [-0.15, -0.1) is 5.10 Å². The van der Waals surface area contributed by atoms with Crippen LogP contribution in [-0.2, 0) is 32.6 Å². The lowest BCUT2D eigenvalue weighted by molar-refractivity contribution is -0.184. The fourth-order valence-corrected chi connectivity index (χ4v) is 4.14. The molecule has 1 fully saturated rings. The lowest BCUT2D eigenvalue weighted by Crippen LogP contribution is -2.73. The third-order valence-electron chi connectivity index (χ3n) is 4.73. The summed E-state index contributed by atoms with van der Waals surface area (Å²) in [5.41, 5.74) is 1.13. The van der Waals surface area contributed by atoms with Crippen molar-refractivity contribution in [3.05, 3.63) is 47.2 Å². The van der Waals surface area contributed by atoms with Crippen LogP contribution in [0.15, 0.2) is 46.8 Å². The molecule has 0 radical (unpaired) electrons. The van der Waals surface area contributed by atoms with Crippen molar-refractivity contribution in [2.75, 3.05) is 12.4 Å². The molecule has 0 bridgehead atoms. The van der Waals surface area contributed by atoms with E-state index in [4.69, 9.17) is 4.74 Å². The summed E-state index contributed by atoms with van der Waals surface area (Å²) in [6.45, 7) is 0.0272. The van der Waals surface area contributed by atoms with Crippen LogP contribution in [0.2, 0.25) is 0 Å². The molecule has 0 unspecified atom stereocenters. The van der Waals surface area contributed by atoms with Gasteiger partial charge in [-0.25, -0.2) is 9.48 Å². The Bertz CT molecular complexity index is 1020. The lowest BCUT2D eigenvalue weighted by atomic mass is 9.98. The molecule has 1 aromatic heterocycles. The number of amides is 2. The summed E-state index contributed by atoms with van der Waals surface area (Å²) >= 11 is 1.24. The van der Waals surface area contributed by atoms with Crippen LogP contribution in [0.4, 0.5) is 0 Å². The maximum Gasteiger partial charge on any atom is 0.352 e. The minimum Gasteiger partial charge on any atom is -0.477 e. The van der Waals surface area contributed by atoms with Crippen LogP contribution >= 0.6 is 11.8 Å². The molecule has 156 valence electrons. The number of hydrogen-bond donors (Lipinski definition) is 2. The van der Waals surface area contributed by atoms with E-state index in [0.717, 1.165) is 10.5 Å². The molecule has 3 heterocycles. The number of benzene rings is 1. The fraction of sp³-hybridized carbons (Fsp3) is 0.333. The Hall–Kier alpha value is -3.25. The molecule has 2 atom stereocenters. The molecule has 2 aliphatic heterocycles. The maximum absolute atomic E-state index is 12.6. The van der Waals surface area contributed by atoms with Crippen molar-refractivity contribution >= 4 is 29.5 Å². The first kappa shape index (κ1) is 20.0. The normalized spacial score (nSPS) is 20.6. The van der Waals surface area contributed by atoms with E-state index in [1.54, 1.807) is 7.05 Å². The van der Waals surface area contributed by atoms with Gasteiger partial charge in [-0.2, -0.15) is 0 Å². The SMILES string of the molecule is Cn1nnnc1SCC1=C(C(=O)O)N2C(=O)[C@@H](NC(=O)Cc3ccccc3)[C@H]2OC1. The van der Waals surface area contributed by atoms with E-state index in [9.17, 15) is 19.5 Å². The molecule has 0 spiro atoms. The van der Waals surface area contributed by atoms with E-state index in [1.807, 2.05) is 30.3 Å². The predicted octanol–water partition coefficient (Wildman–Crippen LogP) is -0.433. The summed E-state index contributed by atoms with van der Waals surface area (Å²) in [4.78, 5) is 37.8. The number of thioether (sulfide) groups is 1. The molecule has 2 N–H and O–H groups in total. The first-order valence-electron chi connectivity index (χ1n) is 9.04. The second-order valence-electron chi connectivity index (χ2n) is 6.75. The molecule has 0 saturated carbocycles. The van der Waals surface area contributed by atoms with E-state index in [1.165, 1.54) is 16.4 Å². The summed E-state index contributed by atoms with van der Waals surface area (Å²) in [5.74, 6) is -1.82. The van der Waals surface area contributed by atoms with Crippen LogP contribution in [0.5, 0.6) is 0 Å². The number of nitrogens with zero attached hydrogens (tertiary/aromatic N) is 5.